The normalized spacial score (nSPS) is 15.1. The van der Waals surface area contributed by atoms with Gasteiger partial charge >= 0.3 is 0 Å². The Hall–Kier alpha value is -2.58. The number of hydrogen-bond acceptors (Lipinski definition) is 7. The molecule has 0 atom stereocenters. The molecule has 3 aromatic rings. The highest BCUT2D eigenvalue weighted by molar-refractivity contribution is 6.31. The van der Waals surface area contributed by atoms with Crippen LogP contribution in [0.5, 0.6) is 0 Å². The summed E-state index contributed by atoms with van der Waals surface area (Å²) in [5.74, 6) is 0.703. The van der Waals surface area contributed by atoms with E-state index in [1.54, 1.807) is 12.3 Å². The van der Waals surface area contributed by atoms with E-state index in [4.69, 9.17) is 11.6 Å². The first kappa shape index (κ1) is 16.9. The minimum absolute atomic E-state index is 0.0424. The Morgan fingerprint density at radius 1 is 1.15 bits per heavy atom. The molecule has 4 rings (SSSR count). The fourth-order valence-electron chi connectivity index (χ4n) is 2.85. The van der Waals surface area contributed by atoms with E-state index in [9.17, 15) is 4.39 Å². The third-order valence-corrected chi connectivity index (χ3v) is 4.46. The van der Waals surface area contributed by atoms with Gasteiger partial charge in [0.15, 0.2) is 5.82 Å². The number of benzene rings is 1. The molecular weight excluding hydrogens is 357 g/mol. The second-order valence-electron chi connectivity index (χ2n) is 5.97. The first-order valence-corrected chi connectivity index (χ1v) is 8.74. The summed E-state index contributed by atoms with van der Waals surface area (Å²) in [5, 5.41) is 6.54. The van der Waals surface area contributed by atoms with Gasteiger partial charge in [0.25, 0.3) is 0 Å². The summed E-state index contributed by atoms with van der Waals surface area (Å²) in [6.07, 6.45) is 4.17. The Labute approximate surface area is 154 Å². The van der Waals surface area contributed by atoms with Crippen LogP contribution in [0.2, 0.25) is 5.02 Å². The highest BCUT2D eigenvalue weighted by Crippen LogP contribution is 2.25. The van der Waals surface area contributed by atoms with Gasteiger partial charge in [-0.1, -0.05) is 11.6 Å². The van der Waals surface area contributed by atoms with Crippen LogP contribution in [-0.2, 0) is 0 Å². The smallest absolute Gasteiger partial charge is 0.226 e. The molecule has 0 spiro atoms. The minimum Gasteiger partial charge on any atom is -0.339 e. The van der Waals surface area contributed by atoms with Crippen molar-refractivity contribution in [2.24, 2.45) is 0 Å². The van der Waals surface area contributed by atoms with E-state index in [1.807, 2.05) is 0 Å². The van der Waals surface area contributed by atoms with E-state index in [1.165, 1.54) is 18.5 Å². The summed E-state index contributed by atoms with van der Waals surface area (Å²) in [5.41, 5.74) is 1.86. The third-order valence-electron chi connectivity index (χ3n) is 4.17. The topological polar surface area (TPSA) is 78.9 Å². The maximum atomic E-state index is 13.4. The van der Waals surface area contributed by atoms with Gasteiger partial charge in [-0.25, -0.2) is 24.3 Å². The SMILES string of the molecule is Fc1ccc(Nc2ncnc3cnc(N4CCCNCC4)nc23)cc1Cl. The molecule has 1 aliphatic rings. The number of aromatic nitrogens is 4. The van der Waals surface area contributed by atoms with E-state index in [0.29, 0.717) is 28.5 Å². The van der Waals surface area contributed by atoms with Crippen LogP contribution in [0.25, 0.3) is 11.0 Å². The zero-order valence-electron chi connectivity index (χ0n) is 13.9. The molecule has 1 aliphatic heterocycles. The monoisotopic (exact) mass is 373 g/mol. The number of nitrogens with one attached hydrogen (secondary N) is 2. The lowest BCUT2D eigenvalue weighted by atomic mass is 10.3. The Bertz CT molecular complexity index is 928. The molecule has 1 saturated heterocycles. The van der Waals surface area contributed by atoms with Crippen molar-refractivity contribution in [3.05, 3.63) is 41.6 Å². The summed E-state index contributed by atoms with van der Waals surface area (Å²) in [6.45, 7) is 3.62. The molecule has 1 fully saturated rings. The van der Waals surface area contributed by atoms with Crippen molar-refractivity contribution in [3.63, 3.8) is 0 Å². The van der Waals surface area contributed by atoms with E-state index in [0.717, 1.165) is 32.6 Å². The third kappa shape index (κ3) is 3.51. The first-order valence-electron chi connectivity index (χ1n) is 8.36. The van der Waals surface area contributed by atoms with Crippen LogP contribution in [0, 0.1) is 5.82 Å². The van der Waals surface area contributed by atoms with Crippen molar-refractivity contribution < 1.29 is 4.39 Å². The lowest BCUT2D eigenvalue weighted by Gasteiger charge is -2.20. The lowest BCUT2D eigenvalue weighted by molar-refractivity contribution is 0.628. The summed E-state index contributed by atoms with van der Waals surface area (Å²) in [7, 11) is 0. The maximum Gasteiger partial charge on any atom is 0.226 e. The summed E-state index contributed by atoms with van der Waals surface area (Å²) < 4.78 is 13.4. The summed E-state index contributed by atoms with van der Waals surface area (Å²) in [4.78, 5) is 19.8. The van der Waals surface area contributed by atoms with Crippen molar-refractivity contribution in [2.45, 2.75) is 6.42 Å². The second-order valence-corrected chi connectivity index (χ2v) is 6.38. The van der Waals surface area contributed by atoms with Crippen molar-refractivity contribution >= 4 is 40.1 Å². The standard InChI is InChI=1S/C17H17ClFN7/c18-12-8-11(2-3-13(12)19)24-16-15-14(22-10-23-16)9-21-17(25-15)26-6-1-4-20-5-7-26/h2-3,8-10,20H,1,4-7H2,(H,22,23,24). The molecular formula is C17H17ClFN7. The van der Waals surface area contributed by atoms with Crippen LogP contribution in [-0.4, -0.2) is 46.1 Å². The predicted octanol–water partition coefficient (Wildman–Crippen LogP) is 2.76. The zero-order valence-corrected chi connectivity index (χ0v) is 14.7. The molecule has 26 heavy (non-hydrogen) atoms. The molecule has 3 heterocycles. The number of rotatable bonds is 3. The molecule has 7 nitrogen and oxygen atoms in total. The largest absolute Gasteiger partial charge is 0.339 e. The number of halogens is 2. The number of fused-ring (bicyclic) bond motifs is 1. The number of hydrogen-bond donors (Lipinski definition) is 2. The fraction of sp³-hybridized carbons (Fsp3) is 0.294. The van der Waals surface area contributed by atoms with Gasteiger partial charge < -0.3 is 15.5 Å². The Morgan fingerprint density at radius 2 is 2.08 bits per heavy atom. The van der Waals surface area contributed by atoms with E-state index >= 15 is 0 Å². The molecule has 0 bridgehead atoms. The van der Waals surface area contributed by atoms with Crippen molar-refractivity contribution in [2.75, 3.05) is 36.4 Å². The van der Waals surface area contributed by atoms with E-state index in [2.05, 4.69) is 35.5 Å². The molecule has 0 amide bonds. The van der Waals surface area contributed by atoms with Gasteiger partial charge in [0.2, 0.25) is 5.95 Å². The molecule has 0 radical (unpaired) electrons. The quantitative estimate of drug-likeness (QED) is 0.730. The minimum atomic E-state index is -0.468. The van der Waals surface area contributed by atoms with Crippen LogP contribution in [0.15, 0.2) is 30.7 Å². The Balaban J connectivity index is 1.69. The van der Waals surface area contributed by atoms with Crippen LogP contribution in [0.4, 0.5) is 21.8 Å². The van der Waals surface area contributed by atoms with Crippen LogP contribution >= 0.6 is 11.6 Å². The molecule has 0 saturated carbocycles. The fourth-order valence-corrected chi connectivity index (χ4v) is 3.03. The maximum absolute atomic E-state index is 13.4. The molecule has 134 valence electrons. The van der Waals surface area contributed by atoms with E-state index in [-0.39, 0.29) is 5.02 Å². The molecule has 2 N–H and O–H groups in total. The molecule has 1 aromatic carbocycles. The highest BCUT2D eigenvalue weighted by atomic mass is 35.5. The van der Waals surface area contributed by atoms with Crippen molar-refractivity contribution in [1.29, 1.82) is 0 Å². The van der Waals surface area contributed by atoms with Gasteiger partial charge in [-0.2, -0.15) is 0 Å². The van der Waals surface area contributed by atoms with Crippen LogP contribution < -0.4 is 15.5 Å². The number of anilines is 3. The summed E-state index contributed by atoms with van der Waals surface area (Å²) in [6, 6.07) is 4.41. The van der Waals surface area contributed by atoms with E-state index < -0.39 is 5.82 Å². The lowest BCUT2D eigenvalue weighted by Crippen LogP contribution is -2.29. The van der Waals surface area contributed by atoms with Crippen molar-refractivity contribution in [3.8, 4) is 0 Å². The van der Waals surface area contributed by atoms with Gasteiger partial charge in [0, 0.05) is 25.3 Å². The first-order chi connectivity index (χ1) is 12.7. The average molecular weight is 374 g/mol. The molecule has 9 heteroatoms. The van der Waals surface area contributed by atoms with Crippen LogP contribution in [0.1, 0.15) is 6.42 Å². The zero-order chi connectivity index (χ0) is 17.9. The van der Waals surface area contributed by atoms with Gasteiger partial charge in [0.1, 0.15) is 23.2 Å². The average Bonchev–Trinajstić information content (AvgIpc) is 2.94. The van der Waals surface area contributed by atoms with Crippen molar-refractivity contribution in [1.82, 2.24) is 25.3 Å². The second kappa shape index (κ2) is 7.35. The molecule has 2 aromatic heterocycles. The Kier molecular flexibility index (Phi) is 4.77. The van der Waals surface area contributed by atoms with Gasteiger partial charge in [-0.3, -0.25) is 0 Å². The molecule has 0 unspecified atom stereocenters. The molecule has 0 aliphatic carbocycles. The predicted molar refractivity (Wildman–Crippen MR) is 99.5 cm³/mol. The van der Waals surface area contributed by atoms with Gasteiger partial charge in [-0.05, 0) is 31.2 Å². The van der Waals surface area contributed by atoms with Gasteiger partial charge in [0.05, 0.1) is 11.2 Å². The number of nitrogens with zero attached hydrogens (tertiary/aromatic N) is 5. The Morgan fingerprint density at radius 3 is 2.96 bits per heavy atom. The van der Waals surface area contributed by atoms with Crippen LogP contribution in [0.3, 0.4) is 0 Å². The highest BCUT2D eigenvalue weighted by Gasteiger charge is 2.15. The van der Waals surface area contributed by atoms with Gasteiger partial charge in [-0.15, -0.1) is 0 Å². The summed E-state index contributed by atoms with van der Waals surface area (Å²) >= 11 is 5.85.